The Morgan fingerprint density at radius 1 is 1.17 bits per heavy atom. The summed E-state index contributed by atoms with van der Waals surface area (Å²) < 4.78 is 28.3. The third-order valence-electron chi connectivity index (χ3n) is 4.12. The molecular weight excluding hydrogens is 412 g/mol. The topological polar surface area (TPSA) is 185 Å². The van der Waals surface area contributed by atoms with E-state index in [1.165, 1.54) is 19.1 Å². The quantitative estimate of drug-likeness (QED) is 0.236. The largest absolute Gasteiger partial charge is 0.387 e. The van der Waals surface area contributed by atoms with Crippen LogP contribution in [-0.2, 0) is 25.4 Å². The van der Waals surface area contributed by atoms with Gasteiger partial charge in [-0.05, 0) is 36.7 Å². The van der Waals surface area contributed by atoms with Gasteiger partial charge < -0.3 is 22.0 Å². The van der Waals surface area contributed by atoms with Crippen LogP contribution in [0.1, 0.15) is 24.2 Å². The van der Waals surface area contributed by atoms with Gasteiger partial charge >= 0.3 is 0 Å². The summed E-state index contributed by atoms with van der Waals surface area (Å²) >= 11 is 0. The van der Waals surface area contributed by atoms with E-state index in [0.717, 1.165) is 4.57 Å². The average Bonchev–Trinajstić information content (AvgIpc) is 2.65. The molecule has 2 rings (SSSR count). The van der Waals surface area contributed by atoms with Crippen molar-refractivity contribution in [2.24, 2.45) is 22.4 Å². The number of anilines is 1. The van der Waals surface area contributed by atoms with Gasteiger partial charge in [-0.3, -0.25) is 18.9 Å². The van der Waals surface area contributed by atoms with Gasteiger partial charge in [0.25, 0.3) is 5.56 Å². The Labute approximate surface area is 173 Å². The van der Waals surface area contributed by atoms with E-state index in [1.54, 1.807) is 37.3 Å². The van der Waals surface area contributed by atoms with Crippen molar-refractivity contribution in [1.29, 1.82) is 0 Å². The van der Waals surface area contributed by atoms with E-state index >= 15 is 0 Å². The van der Waals surface area contributed by atoms with E-state index < -0.39 is 33.6 Å². The van der Waals surface area contributed by atoms with Gasteiger partial charge in [-0.15, -0.1) is 0 Å². The molecule has 2 unspecified atom stereocenters. The molecule has 12 heteroatoms. The number of rotatable bonds is 9. The number of oxime groups is 1. The van der Waals surface area contributed by atoms with Crippen LogP contribution < -0.4 is 27.5 Å². The highest BCUT2D eigenvalue weighted by Gasteiger charge is 2.30. The first-order valence-corrected chi connectivity index (χ1v) is 10.5. The van der Waals surface area contributed by atoms with Crippen molar-refractivity contribution < 1.29 is 18.0 Å². The molecule has 11 nitrogen and oxygen atoms in total. The lowest BCUT2D eigenvalue weighted by Gasteiger charge is -2.24. The minimum atomic E-state index is -3.89. The van der Waals surface area contributed by atoms with Crippen LogP contribution in [0.3, 0.4) is 0 Å². The maximum atomic E-state index is 13.0. The number of nitrogens with zero attached hydrogens (tertiary/aromatic N) is 2. The number of hydrogen-bond donors (Lipinski definition) is 4. The molecule has 1 aromatic heterocycles. The monoisotopic (exact) mass is 436 g/mol. The molecule has 0 aliphatic rings. The van der Waals surface area contributed by atoms with Crippen LogP contribution in [0.25, 0.3) is 0 Å². The lowest BCUT2D eigenvalue weighted by atomic mass is 10.1. The molecule has 2 atom stereocenters. The normalized spacial score (nSPS) is 13.1. The molecule has 0 saturated heterocycles. The Kier molecular flexibility index (Phi) is 7.06. The first-order valence-electron chi connectivity index (χ1n) is 8.82. The molecule has 1 heterocycles. The number of aryl methyl sites for hydroxylation is 1. The van der Waals surface area contributed by atoms with Gasteiger partial charge in [-0.2, -0.15) is 0 Å². The number of guanidine groups is 1. The first-order chi connectivity index (χ1) is 14.0. The molecule has 1 aromatic carbocycles. The van der Waals surface area contributed by atoms with Crippen molar-refractivity contribution in [3.8, 4) is 0 Å². The zero-order valence-electron chi connectivity index (χ0n) is 16.5. The van der Waals surface area contributed by atoms with Crippen LogP contribution in [0.2, 0.25) is 0 Å². The van der Waals surface area contributed by atoms with Gasteiger partial charge in [0.1, 0.15) is 5.69 Å². The third kappa shape index (κ3) is 5.73. The molecule has 2 aromatic rings. The van der Waals surface area contributed by atoms with Gasteiger partial charge in [0.05, 0.1) is 5.75 Å². The molecule has 0 aliphatic carbocycles. The number of nitrogens with one attached hydrogen (secondary N) is 1. The second-order valence-corrected chi connectivity index (χ2v) is 8.31. The van der Waals surface area contributed by atoms with Crippen molar-refractivity contribution in [2.45, 2.75) is 31.7 Å². The maximum Gasteiger partial charge on any atom is 0.275 e. The van der Waals surface area contributed by atoms with Crippen molar-refractivity contribution in [2.75, 3.05) is 4.72 Å². The molecule has 162 valence electrons. The van der Waals surface area contributed by atoms with E-state index in [0.29, 0.717) is 11.3 Å². The molecule has 0 radical (unpaired) electrons. The Morgan fingerprint density at radius 2 is 1.80 bits per heavy atom. The second kappa shape index (κ2) is 9.31. The molecule has 1 amide bonds. The fourth-order valence-corrected chi connectivity index (χ4v) is 4.03. The number of primary amides is 1. The summed E-state index contributed by atoms with van der Waals surface area (Å²) in [5, 5.41) is 3.38. The van der Waals surface area contributed by atoms with Gasteiger partial charge in [-0.25, -0.2) is 8.42 Å². The predicted molar refractivity (Wildman–Crippen MR) is 113 cm³/mol. The number of aromatic nitrogens is 1. The standard InChI is InChI=1S/C18H24N6O5S/c1-11-8-9-14(23-30(27,28)10-13-6-4-3-5-7-13)17(26)24(11)15(16(19)25)12(2)29-22-18(20)21/h3-9,12,15,23H,10H2,1-2H3,(H2,19,25)(H4,20,21,22). The molecular formula is C18H24N6O5S. The molecule has 0 aliphatic heterocycles. The number of amides is 1. The maximum absolute atomic E-state index is 13.0. The molecule has 30 heavy (non-hydrogen) atoms. The number of pyridine rings is 1. The highest BCUT2D eigenvalue weighted by Crippen LogP contribution is 2.18. The molecule has 0 saturated carbocycles. The van der Waals surface area contributed by atoms with E-state index in [4.69, 9.17) is 22.0 Å². The fourth-order valence-electron chi connectivity index (χ4n) is 2.84. The Balaban J connectivity index is 2.41. The van der Waals surface area contributed by atoms with E-state index in [-0.39, 0.29) is 17.4 Å². The SMILES string of the molecule is Cc1ccc(NS(=O)(=O)Cc2ccccc2)c(=O)n1C(C(N)=O)C(C)ON=C(N)N. The fraction of sp³-hybridized carbons (Fsp3) is 0.278. The van der Waals surface area contributed by atoms with Crippen LogP contribution >= 0.6 is 0 Å². The van der Waals surface area contributed by atoms with Crippen molar-refractivity contribution in [1.82, 2.24) is 4.57 Å². The number of benzene rings is 1. The van der Waals surface area contributed by atoms with E-state index in [9.17, 15) is 18.0 Å². The number of carbonyl (C=O) groups is 1. The minimum absolute atomic E-state index is 0.239. The number of nitrogens with two attached hydrogens (primary N) is 3. The van der Waals surface area contributed by atoms with Crippen LogP contribution in [0, 0.1) is 6.92 Å². The Hall–Kier alpha value is -3.54. The Bertz CT molecular complexity index is 1090. The van der Waals surface area contributed by atoms with Crippen molar-refractivity contribution in [3.63, 3.8) is 0 Å². The third-order valence-corrected chi connectivity index (χ3v) is 5.37. The molecule has 0 fully saturated rings. The number of hydrogen-bond acceptors (Lipinski definition) is 6. The van der Waals surface area contributed by atoms with Gasteiger partial charge in [0.2, 0.25) is 21.9 Å². The van der Waals surface area contributed by atoms with Crippen LogP contribution in [0.15, 0.2) is 52.4 Å². The minimum Gasteiger partial charge on any atom is -0.387 e. The highest BCUT2D eigenvalue weighted by molar-refractivity contribution is 7.91. The number of carbonyl (C=O) groups excluding carboxylic acids is 1. The zero-order valence-corrected chi connectivity index (χ0v) is 17.3. The van der Waals surface area contributed by atoms with Crippen LogP contribution in [-0.4, -0.2) is 31.0 Å². The first kappa shape index (κ1) is 22.7. The van der Waals surface area contributed by atoms with Gasteiger partial charge in [-0.1, -0.05) is 30.3 Å². The van der Waals surface area contributed by atoms with Crippen LogP contribution in [0.5, 0.6) is 0 Å². The summed E-state index contributed by atoms with van der Waals surface area (Å²) in [6.45, 7) is 3.01. The zero-order chi connectivity index (χ0) is 22.5. The lowest BCUT2D eigenvalue weighted by molar-refractivity contribution is -0.125. The smallest absolute Gasteiger partial charge is 0.275 e. The predicted octanol–water partition coefficient (Wildman–Crippen LogP) is -0.281. The summed E-state index contributed by atoms with van der Waals surface area (Å²) in [5.74, 6) is -1.59. The summed E-state index contributed by atoms with van der Waals surface area (Å²) in [6, 6.07) is 9.98. The van der Waals surface area contributed by atoms with Gasteiger partial charge in [0, 0.05) is 5.69 Å². The molecule has 0 spiro atoms. The lowest BCUT2D eigenvalue weighted by Crippen LogP contribution is -2.42. The highest BCUT2D eigenvalue weighted by atomic mass is 32.2. The summed E-state index contributed by atoms with van der Waals surface area (Å²) in [5.41, 5.74) is 15.8. The summed E-state index contributed by atoms with van der Waals surface area (Å²) in [7, 11) is -3.89. The summed E-state index contributed by atoms with van der Waals surface area (Å²) in [4.78, 5) is 30.1. The molecule has 0 bridgehead atoms. The second-order valence-electron chi connectivity index (χ2n) is 6.58. The average molecular weight is 436 g/mol. The molecule has 7 N–H and O–H groups in total. The van der Waals surface area contributed by atoms with E-state index in [1.807, 2.05) is 0 Å². The van der Waals surface area contributed by atoms with Crippen molar-refractivity contribution in [3.05, 3.63) is 64.1 Å². The van der Waals surface area contributed by atoms with Crippen molar-refractivity contribution >= 4 is 27.6 Å². The van der Waals surface area contributed by atoms with Gasteiger partial charge in [0.15, 0.2) is 12.1 Å². The van der Waals surface area contributed by atoms with E-state index in [2.05, 4.69) is 9.88 Å². The number of sulfonamides is 1. The Morgan fingerprint density at radius 3 is 2.37 bits per heavy atom. The van der Waals surface area contributed by atoms with Crippen LogP contribution in [0.4, 0.5) is 5.69 Å². The summed E-state index contributed by atoms with van der Waals surface area (Å²) in [6.07, 6.45) is -1.02.